The molecule has 0 saturated heterocycles. The van der Waals surface area contributed by atoms with Crippen molar-refractivity contribution in [3.05, 3.63) is 45.7 Å². The second-order valence-electron chi connectivity index (χ2n) is 6.00. The maximum absolute atomic E-state index is 13.0. The van der Waals surface area contributed by atoms with E-state index in [-0.39, 0.29) is 23.2 Å². The number of rotatable bonds is 5. The van der Waals surface area contributed by atoms with E-state index in [9.17, 15) is 9.59 Å². The zero-order valence-electron chi connectivity index (χ0n) is 15.0. The van der Waals surface area contributed by atoms with Crippen LogP contribution in [0.3, 0.4) is 0 Å². The third kappa shape index (κ3) is 3.15. The van der Waals surface area contributed by atoms with Gasteiger partial charge in [-0.3, -0.25) is 9.59 Å². The molecule has 8 heteroatoms. The van der Waals surface area contributed by atoms with Crippen LogP contribution < -0.4 is 20.9 Å². The van der Waals surface area contributed by atoms with Crippen molar-refractivity contribution in [1.82, 2.24) is 15.1 Å². The Hall–Kier alpha value is -2.87. The number of nitrogens with one attached hydrogen (secondary N) is 2. The van der Waals surface area contributed by atoms with E-state index in [2.05, 4.69) is 15.7 Å². The number of ether oxygens (including phenoxy) is 1. The number of nitrogens with zero attached hydrogens (tertiary/aromatic N) is 2. The molecule has 0 fully saturated rings. The first-order chi connectivity index (χ1) is 12.5. The molecule has 1 aromatic carbocycles. The molecule has 0 atom stereocenters. The van der Waals surface area contributed by atoms with E-state index in [1.54, 1.807) is 43.8 Å². The fraction of sp³-hybridized carbons (Fsp3) is 0.278. The van der Waals surface area contributed by atoms with Gasteiger partial charge in [0, 0.05) is 23.9 Å². The van der Waals surface area contributed by atoms with E-state index in [4.69, 9.17) is 4.74 Å². The van der Waals surface area contributed by atoms with Gasteiger partial charge in [-0.15, -0.1) is 11.3 Å². The van der Waals surface area contributed by atoms with E-state index >= 15 is 0 Å². The number of hydrogen-bond acceptors (Lipinski definition) is 6. The van der Waals surface area contributed by atoms with Crippen LogP contribution in [-0.2, 0) is 0 Å². The highest BCUT2D eigenvalue weighted by atomic mass is 32.1. The molecule has 0 aliphatic carbocycles. The minimum absolute atomic E-state index is 0.0388. The van der Waals surface area contributed by atoms with E-state index < -0.39 is 0 Å². The summed E-state index contributed by atoms with van der Waals surface area (Å²) in [6, 6.07) is 6.91. The lowest BCUT2D eigenvalue weighted by Gasteiger charge is -2.12. The Labute approximate surface area is 154 Å². The van der Waals surface area contributed by atoms with Crippen LogP contribution in [0.1, 0.15) is 24.3 Å². The maximum Gasteiger partial charge on any atom is 0.282 e. The fourth-order valence-electron chi connectivity index (χ4n) is 2.63. The molecule has 0 spiro atoms. The van der Waals surface area contributed by atoms with Gasteiger partial charge in [-0.1, -0.05) is 0 Å². The molecule has 3 rings (SSSR count). The highest BCUT2D eigenvalue weighted by Gasteiger charge is 2.21. The molecule has 26 heavy (non-hydrogen) atoms. The van der Waals surface area contributed by atoms with Gasteiger partial charge < -0.3 is 15.4 Å². The SMILES string of the molecule is CNc1scc2c(C(=O)NC(C)C)nn(-c3ccc(OC)cc3)c(=O)c12. The molecule has 0 unspecified atom stereocenters. The van der Waals surface area contributed by atoms with Crippen molar-refractivity contribution >= 4 is 33.0 Å². The van der Waals surface area contributed by atoms with E-state index in [1.807, 2.05) is 13.8 Å². The number of hydrogen-bond donors (Lipinski definition) is 2. The minimum Gasteiger partial charge on any atom is -0.497 e. The first-order valence-corrected chi connectivity index (χ1v) is 9.01. The monoisotopic (exact) mass is 372 g/mol. The Balaban J connectivity index is 2.26. The molecule has 0 aliphatic rings. The molecular formula is C18H20N4O3S. The van der Waals surface area contributed by atoms with Crippen molar-refractivity contribution in [2.45, 2.75) is 19.9 Å². The number of fused-ring (bicyclic) bond motifs is 1. The second kappa shape index (κ2) is 7.17. The third-order valence-corrected chi connectivity index (χ3v) is 4.83. The molecule has 2 heterocycles. The van der Waals surface area contributed by atoms with Gasteiger partial charge in [0.15, 0.2) is 5.69 Å². The van der Waals surface area contributed by atoms with Gasteiger partial charge in [0.2, 0.25) is 0 Å². The summed E-state index contributed by atoms with van der Waals surface area (Å²) in [4.78, 5) is 25.7. The second-order valence-corrected chi connectivity index (χ2v) is 6.87. The summed E-state index contributed by atoms with van der Waals surface area (Å²) >= 11 is 1.37. The summed E-state index contributed by atoms with van der Waals surface area (Å²) in [5.41, 5.74) is 0.503. The zero-order chi connectivity index (χ0) is 18.8. The van der Waals surface area contributed by atoms with Crippen molar-refractivity contribution in [3.63, 3.8) is 0 Å². The molecule has 1 amide bonds. The molecule has 3 aromatic rings. The minimum atomic E-state index is -0.312. The smallest absolute Gasteiger partial charge is 0.282 e. The topological polar surface area (TPSA) is 85.2 Å². The third-order valence-electron chi connectivity index (χ3n) is 3.83. The number of carbonyl (C=O) groups is 1. The van der Waals surface area contributed by atoms with Gasteiger partial charge >= 0.3 is 0 Å². The van der Waals surface area contributed by atoms with Gasteiger partial charge in [-0.2, -0.15) is 9.78 Å². The summed E-state index contributed by atoms with van der Waals surface area (Å²) in [5.74, 6) is 0.361. The Morgan fingerprint density at radius 2 is 1.96 bits per heavy atom. The van der Waals surface area contributed by atoms with Gasteiger partial charge in [0.1, 0.15) is 10.8 Å². The number of benzene rings is 1. The molecule has 0 bridgehead atoms. The van der Waals surface area contributed by atoms with Crippen LogP contribution in [0.25, 0.3) is 16.5 Å². The van der Waals surface area contributed by atoms with Crippen LogP contribution >= 0.6 is 11.3 Å². The fourth-order valence-corrected chi connectivity index (χ4v) is 3.53. The molecule has 0 radical (unpaired) electrons. The lowest BCUT2D eigenvalue weighted by molar-refractivity contribution is 0.0938. The number of aromatic nitrogens is 2. The number of methoxy groups -OCH3 is 1. The summed E-state index contributed by atoms with van der Waals surface area (Å²) < 4.78 is 6.41. The number of anilines is 1. The van der Waals surface area contributed by atoms with Crippen LogP contribution in [0, 0.1) is 0 Å². The van der Waals surface area contributed by atoms with Crippen molar-refractivity contribution < 1.29 is 9.53 Å². The van der Waals surface area contributed by atoms with E-state index in [0.29, 0.717) is 27.2 Å². The molecule has 7 nitrogen and oxygen atoms in total. The summed E-state index contributed by atoms with van der Waals surface area (Å²) in [6.45, 7) is 3.75. The number of amides is 1. The zero-order valence-corrected chi connectivity index (χ0v) is 15.8. The molecular weight excluding hydrogens is 352 g/mol. The summed E-state index contributed by atoms with van der Waals surface area (Å²) in [6.07, 6.45) is 0. The number of carbonyl (C=O) groups excluding carboxylic acids is 1. The van der Waals surface area contributed by atoms with Crippen molar-refractivity contribution in [1.29, 1.82) is 0 Å². The largest absolute Gasteiger partial charge is 0.497 e. The quantitative estimate of drug-likeness (QED) is 0.719. The van der Waals surface area contributed by atoms with Crippen LogP contribution in [0.15, 0.2) is 34.4 Å². The van der Waals surface area contributed by atoms with Crippen LogP contribution in [0.2, 0.25) is 0 Å². The van der Waals surface area contributed by atoms with Crippen molar-refractivity contribution in [2.24, 2.45) is 0 Å². The normalized spacial score (nSPS) is 11.0. The van der Waals surface area contributed by atoms with Gasteiger partial charge in [-0.25, -0.2) is 0 Å². The average molecular weight is 372 g/mol. The van der Waals surface area contributed by atoms with Gasteiger partial charge in [0.25, 0.3) is 11.5 Å². The molecule has 2 aromatic heterocycles. The molecule has 136 valence electrons. The van der Waals surface area contributed by atoms with Crippen molar-refractivity contribution in [2.75, 3.05) is 19.5 Å². The van der Waals surface area contributed by atoms with E-state index in [1.165, 1.54) is 16.0 Å². The first kappa shape index (κ1) is 17.9. The average Bonchev–Trinajstić information content (AvgIpc) is 3.06. The Kier molecular flexibility index (Phi) is 4.94. The van der Waals surface area contributed by atoms with Crippen LogP contribution in [0.5, 0.6) is 5.75 Å². The highest BCUT2D eigenvalue weighted by molar-refractivity contribution is 7.16. The standard InChI is InChI=1S/C18H20N4O3S/c1-10(2)20-16(23)15-13-9-26-17(19-3)14(13)18(24)22(21-15)11-5-7-12(25-4)8-6-11/h5-10,19H,1-4H3,(H,20,23). The molecule has 2 N–H and O–H groups in total. The van der Waals surface area contributed by atoms with Gasteiger partial charge in [0.05, 0.1) is 18.2 Å². The van der Waals surface area contributed by atoms with Gasteiger partial charge in [-0.05, 0) is 38.1 Å². The first-order valence-electron chi connectivity index (χ1n) is 8.13. The summed E-state index contributed by atoms with van der Waals surface area (Å²) in [7, 11) is 3.32. The van der Waals surface area contributed by atoms with Crippen LogP contribution in [-0.4, -0.2) is 35.9 Å². The Morgan fingerprint density at radius 1 is 1.27 bits per heavy atom. The predicted octanol–water partition coefficient (Wildman–Crippen LogP) is 2.64. The lowest BCUT2D eigenvalue weighted by atomic mass is 10.2. The lowest BCUT2D eigenvalue weighted by Crippen LogP contribution is -2.33. The molecule has 0 saturated carbocycles. The highest BCUT2D eigenvalue weighted by Crippen LogP contribution is 2.29. The number of thiophene rings is 1. The van der Waals surface area contributed by atoms with Crippen LogP contribution in [0.4, 0.5) is 5.00 Å². The Bertz CT molecular complexity index is 1010. The Morgan fingerprint density at radius 3 is 2.54 bits per heavy atom. The van der Waals surface area contributed by atoms with Crippen molar-refractivity contribution in [3.8, 4) is 11.4 Å². The van der Waals surface area contributed by atoms with E-state index in [0.717, 1.165) is 0 Å². The molecule has 0 aliphatic heterocycles. The predicted molar refractivity (Wildman–Crippen MR) is 104 cm³/mol. The maximum atomic E-state index is 13.0. The summed E-state index contributed by atoms with van der Waals surface area (Å²) in [5, 5.41) is 13.7.